The molecule has 2 nitrogen and oxygen atoms in total. The summed E-state index contributed by atoms with van der Waals surface area (Å²) in [6.07, 6.45) is 2.17. The Labute approximate surface area is 86.3 Å². The second-order valence-corrected chi connectivity index (χ2v) is 3.25. The molecule has 0 atom stereocenters. The zero-order valence-electron chi connectivity index (χ0n) is 8.75. The van der Waals surface area contributed by atoms with Crippen LogP contribution < -0.4 is 5.32 Å². The van der Waals surface area contributed by atoms with Gasteiger partial charge in [0.25, 0.3) is 0 Å². The summed E-state index contributed by atoms with van der Waals surface area (Å²) in [5.74, 6) is 0. The van der Waals surface area contributed by atoms with E-state index in [2.05, 4.69) is 23.5 Å². The average Bonchev–Trinajstić information content (AvgIpc) is 2.25. The Hall–Kier alpha value is -0.860. The molecule has 0 aromatic heterocycles. The van der Waals surface area contributed by atoms with Crippen LogP contribution in [0.2, 0.25) is 0 Å². The molecule has 14 heavy (non-hydrogen) atoms. The fraction of sp³-hybridized carbons (Fsp3) is 0.500. The third-order valence-electron chi connectivity index (χ3n) is 2.08. The first-order valence-electron chi connectivity index (χ1n) is 5.08. The van der Waals surface area contributed by atoms with Crippen LogP contribution in [0.1, 0.15) is 12.0 Å². The lowest BCUT2D eigenvalue weighted by Crippen LogP contribution is -2.19. The Bertz CT molecular complexity index is 223. The largest absolute Gasteiger partial charge is 0.385 e. The van der Waals surface area contributed by atoms with Gasteiger partial charge in [-0.05, 0) is 37.6 Å². The van der Waals surface area contributed by atoms with Gasteiger partial charge in [0.2, 0.25) is 0 Å². The van der Waals surface area contributed by atoms with Crippen molar-refractivity contribution in [3.8, 4) is 0 Å². The molecule has 1 aromatic rings. The fourth-order valence-electron chi connectivity index (χ4n) is 1.29. The van der Waals surface area contributed by atoms with Crippen LogP contribution in [0, 0.1) is 6.07 Å². The van der Waals surface area contributed by atoms with Crippen LogP contribution in [0.15, 0.2) is 24.3 Å². The molecule has 1 radical (unpaired) electrons. The van der Waals surface area contributed by atoms with Gasteiger partial charge in [0.1, 0.15) is 0 Å². The summed E-state index contributed by atoms with van der Waals surface area (Å²) in [5.41, 5.74) is 1.36. The summed E-state index contributed by atoms with van der Waals surface area (Å²) in [6.45, 7) is 2.91. The highest BCUT2D eigenvalue weighted by atomic mass is 16.5. The van der Waals surface area contributed by atoms with Crippen molar-refractivity contribution in [2.24, 2.45) is 0 Å². The lowest BCUT2D eigenvalue weighted by Gasteiger charge is -2.04. The van der Waals surface area contributed by atoms with E-state index in [0.29, 0.717) is 0 Å². The van der Waals surface area contributed by atoms with Crippen molar-refractivity contribution in [3.63, 3.8) is 0 Å². The minimum atomic E-state index is 0.841. The number of ether oxygens (including phenoxy) is 1. The van der Waals surface area contributed by atoms with E-state index in [1.165, 1.54) is 5.56 Å². The molecule has 0 fully saturated rings. The molecule has 0 spiro atoms. The average molecular weight is 192 g/mol. The zero-order valence-corrected chi connectivity index (χ0v) is 8.75. The molecule has 0 aliphatic heterocycles. The quantitative estimate of drug-likeness (QED) is 0.663. The van der Waals surface area contributed by atoms with Gasteiger partial charge in [-0.15, -0.1) is 0 Å². The SMILES string of the molecule is COCCCNCCc1cc[c]cc1. The smallest absolute Gasteiger partial charge is 0.0474 e. The standard InChI is InChI=1S/C12H18NO/c1-14-11-5-9-13-10-8-12-6-3-2-4-7-12/h3-4,6-7,13H,5,8-11H2,1H3. The molecular formula is C12H18NO. The first kappa shape index (κ1) is 11.2. The molecule has 77 valence electrons. The molecule has 0 saturated heterocycles. The molecule has 0 saturated carbocycles. The first-order valence-corrected chi connectivity index (χ1v) is 5.08. The number of hydrogen-bond donors (Lipinski definition) is 1. The number of hydrogen-bond acceptors (Lipinski definition) is 2. The van der Waals surface area contributed by atoms with Crippen molar-refractivity contribution < 1.29 is 4.74 Å². The van der Waals surface area contributed by atoms with Gasteiger partial charge in [0, 0.05) is 13.7 Å². The summed E-state index contributed by atoms with van der Waals surface area (Å²) in [5, 5.41) is 3.38. The summed E-state index contributed by atoms with van der Waals surface area (Å²) in [6, 6.07) is 11.1. The Morgan fingerprint density at radius 3 is 2.79 bits per heavy atom. The zero-order chi connectivity index (χ0) is 10.1. The second kappa shape index (κ2) is 7.54. The number of nitrogens with one attached hydrogen (secondary N) is 1. The molecule has 0 heterocycles. The van der Waals surface area contributed by atoms with Gasteiger partial charge in [-0.1, -0.05) is 24.3 Å². The summed E-state index contributed by atoms with van der Waals surface area (Å²) in [4.78, 5) is 0. The lowest BCUT2D eigenvalue weighted by molar-refractivity contribution is 0.194. The van der Waals surface area contributed by atoms with E-state index in [0.717, 1.165) is 32.5 Å². The molecule has 2 heteroatoms. The van der Waals surface area contributed by atoms with E-state index in [4.69, 9.17) is 4.74 Å². The van der Waals surface area contributed by atoms with E-state index < -0.39 is 0 Å². The summed E-state index contributed by atoms with van der Waals surface area (Å²) >= 11 is 0. The van der Waals surface area contributed by atoms with Gasteiger partial charge in [-0.25, -0.2) is 0 Å². The van der Waals surface area contributed by atoms with Crippen molar-refractivity contribution in [2.75, 3.05) is 26.8 Å². The van der Waals surface area contributed by atoms with Crippen molar-refractivity contribution >= 4 is 0 Å². The Morgan fingerprint density at radius 2 is 2.07 bits per heavy atom. The maximum absolute atomic E-state index is 4.96. The molecule has 0 bridgehead atoms. The predicted octanol–water partition coefficient (Wildman–Crippen LogP) is 1.66. The van der Waals surface area contributed by atoms with Crippen molar-refractivity contribution in [3.05, 3.63) is 35.9 Å². The summed E-state index contributed by atoms with van der Waals surface area (Å²) in [7, 11) is 1.74. The topological polar surface area (TPSA) is 21.3 Å². The van der Waals surface area contributed by atoms with E-state index >= 15 is 0 Å². The van der Waals surface area contributed by atoms with Gasteiger partial charge in [0.05, 0.1) is 0 Å². The fourth-order valence-corrected chi connectivity index (χ4v) is 1.29. The van der Waals surface area contributed by atoms with Crippen molar-refractivity contribution in [1.82, 2.24) is 5.32 Å². The van der Waals surface area contributed by atoms with Gasteiger partial charge in [0.15, 0.2) is 0 Å². The van der Waals surface area contributed by atoms with E-state index in [1.807, 2.05) is 12.1 Å². The Kier molecular flexibility index (Phi) is 6.04. The van der Waals surface area contributed by atoms with Crippen molar-refractivity contribution in [2.45, 2.75) is 12.8 Å². The normalized spacial score (nSPS) is 10.4. The highest BCUT2D eigenvalue weighted by Gasteiger charge is 1.91. The third-order valence-corrected chi connectivity index (χ3v) is 2.08. The molecule has 0 aliphatic rings. The number of rotatable bonds is 7. The van der Waals surface area contributed by atoms with Gasteiger partial charge in [-0.3, -0.25) is 0 Å². The first-order chi connectivity index (χ1) is 6.93. The van der Waals surface area contributed by atoms with Crippen LogP contribution in [0.25, 0.3) is 0 Å². The second-order valence-electron chi connectivity index (χ2n) is 3.25. The molecule has 0 unspecified atom stereocenters. The highest BCUT2D eigenvalue weighted by molar-refractivity contribution is 5.13. The molecule has 1 aromatic carbocycles. The van der Waals surface area contributed by atoms with E-state index in [-0.39, 0.29) is 0 Å². The van der Waals surface area contributed by atoms with Crippen LogP contribution in [-0.4, -0.2) is 26.8 Å². The van der Waals surface area contributed by atoms with Crippen LogP contribution >= 0.6 is 0 Å². The van der Waals surface area contributed by atoms with Crippen molar-refractivity contribution in [1.29, 1.82) is 0 Å². The Morgan fingerprint density at radius 1 is 1.29 bits per heavy atom. The van der Waals surface area contributed by atoms with Crippen LogP contribution in [0.4, 0.5) is 0 Å². The van der Waals surface area contributed by atoms with E-state index in [9.17, 15) is 0 Å². The predicted molar refractivity (Wildman–Crippen MR) is 58.3 cm³/mol. The van der Waals surface area contributed by atoms with Crippen LogP contribution in [0.3, 0.4) is 0 Å². The lowest BCUT2D eigenvalue weighted by atomic mass is 10.1. The minimum absolute atomic E-state index is 0.841. The van der Waals surface area contributed by atoms with Gasteiger partial charge in [-0.2, -0.15) is 0 Å². The van der Waals surface area contributed by atoms with Crippen LogP contribution in [-0.2, 0) is 11.2 Å². The van der Waals surface area contributed by atoms with E-state index in [1.54, 1.807) is 7.11 Å². The number of benzene rings is 1. The summed E-state index contributed by atoms with van der Waals surface area (Å²) < 4.78 is 4.96. The molecular weight excluding hydrogens is 174 g/mol. The van der Waals surface area contributed by atoms with Crippen LogP contribution in [0.5, 0.6) is 0 Å². The van der Waals surface area contributed by atoms with Gasteiger partial charge < -0.3 is 10.1 Å². The highest BCUT2D eigenvalue weighted by Crippen LogP contribution is 1.97. The molecule has 0 amide bonds. The maximum Gasteiger partial charge on any atom is 0.0474 e. The molecule has 1 N–H and O–H groups in total. The maximum atomic E-state index is 4.96. The molecule has 1 rings (SSSR count). The molecule has 0 aliphatic carbocycles. The minimum Gasteiger partial charge on any atom is -0.385 e. The Balaban J connectivity index is 1.99. The van der Waals surface area contributed by atoms with Gasteiger partial charge >= 0.3 is 0 Å². The third kappa shape index (κ3) is 5.00. The number of methoxy groups -OCH3 is 1. The monoisotopic (exact) mass is 192 g/mol.